The zero-order valence-corrected chi connectivity index (χ0v) is 12.7. The van der Waals surface area contributed by atoms with Crippen molar-refractivity contribution in [3.63, 3.8) is 0 Å². The summed E-state index contributed by atoms with van der Waals surface area (Å²) in [5.41, 5.74) is -0.482. The highest BCUT2D eigenvalue weighted by molar-refractivity contribution is 5.68. The molecule has 1 unspecified atom stereocenters. The van der Waals surface area contributed by atoms with Gasteiger partial charge in [-0.05, 0) is 45.2 Å². The van der Waals surface area contributed by atoms with Crippen LogP contribution >= 0.6 is 0 Å². The first kappa shape index (κ1) is 15.5. The van der Waals surface area contributed by atoms with Crippen molar-refractivity contribution < 1.29 is 13.9 Å². The molecule has 1 N–H and O–H groups in total. The predicted octanol–water partition coefficient (Wildman–Crippen LogP) is 2.89. The molecule has 0 aliphatic carbocycles. The first-order valence-electron chi connectivity index (χ1n) is 7.17. The van der Waals surface area contributed by atoms with Crippen LogP contribution < -0.4 is 5.32 Å². The van der Waals surface area contributed by atoms with Crippen molar-refractivity contribution in [2.75, 3.05) is 25.0 Å². The Morgan fingerprint density at radius 2 is 2.33 bits per heavy atom. The Kier molecular flexibility index (Phi) is 4.65. The van der Waals surface area contributed by atoms with E-state index in [1.165, 1.54) is 6.07 Å². The first-order valence-corrected chi connectivity index (χ1v) is 7.17. The van der Waals surface area contributed by atoms with Crippen LogP contribution in [0.2, 0.25) is 0 Å². The summed E-state index contributed by atoms with van der Waals surface area (Å²) in [6.45, 7) is 7.44. The van der Waals surface area contributed by atoms with Crippen molar-refractivity contribution in [1.82, 2.24) is 9.88 Å². The van der Waals surface area contributed by atoms with Gasteiger partial charge in [-0.25, -0.2) is 14.2 Å². The summed E-state index contributed by atoms with van der Waals surface area (Å²) >= 11 is 0. The van der Waals surface area contributed by atoms with Gasteiger partial charge in [0.15, 0.2) is 11.6 Å². The summed E-state index contributed by atoms with van der Waals surface area (Å²) in [5, 5.41) is 3.00. The van der Waals surface area contributed by atoms with Crippen LogP contribution in [0, 0.1) is 11.7 Å². The lowest BCUT2D eigenvalue weighted by atomic mass is 10.1. The topological polar surface area (TPSA) is 54.5 Å². The SMILES string of the molecule is CC(C)(C)OC(=O)N1CCC(CNc2ncccc2F)C1. The molecule has 2 heterocycles. The molecule has 0 radical (unpaired) electrons. The number of aromatic nitrogens is 1. The summed E-state index contributed by atoms with van der Waals surface area (Å²) in [6, 6.07) is 2.93. The molecule has 0 aromatic carbocycles. The fraction of sp³-hybridized carbons (Fsp3) is 0.600. The second-order valence-electron chi connectivity index (χ2n) is 6.30. The molecule has 1 aliphatic rings. The number of pyridine rings is 1. The number of amides is 1. The third-order valence-corrected chi connectivity index (χ3v) is 3.25. The molecule has 116 valence electrons. The van der Waals surface area contributed by atoms with Crippen molar-refractivity contribution in [2.45, 2.75) is 32.8 Å². The van der Waals surface area contributed by atoms with Gasteiger partial charge in [-0.1, -0.05) is 0 Å². The second-order valence-corrected chi connectivity index (χ2v) is 6.30. The van der Waals surface area contributed by atoms with Crippen molar-refractivity contribution >= 4 is 11.9 Å². The lowest BCUT2D eigenvalue weighted by Gasteiger charge is -2.24. The number of carbonyl (C=O) groups excluding carboxylic acids is 1. The molecule has 2 rings (SSSR count). The van der Waals surface area contributed by atoms with Crippen LogP contribution in [-0.2, 0) is 4.74 Å². The fourth-order valence-electron chi connectivity index (χ4n) is 2.25. The summed E-state index contributed by atoms with van der Waals surface area (Å²) in [7, 11) is 0. The average Bonchev–Trinajstić information content (AvgIpc) is 2.85. The van der Waals surface area contributed by atoms with Crippen LogP contribution in [0.25, 0.3) is 0 Å². The Morgan fingerprint density at radius 3 is 3.00 bits per heavy atom. The molecule has 21 heavy (non-hydrogen) atoms. The van der Waals surface area contributed by atoms with Crippen molar-refractivity contribution in [3.05, 3.63) is 24.1 Å². The van der Waals surface area contributed by atoms with Gasteiger partial charge in [-0.15, -0.1) is 0 Å². The molecule has 5 nitrogen and oxygen atoms in total. The summed E-state index contributed by atoms with van der Waals surface area (Å²) in [6.07, 6.45) is 2.14. The molecule has 1 amide bonds. The third-order valence-electron chi connectivity index (χ3n) is 3.25. The Morgan fingerprint density at radius 1 is 1.57 bits per heavy atom. The number of hydrogen-bond acceptors (Lipinski definition) is 4. The smallest absolute Gasteiger partial charge is 0.410 e. The van der Waals surface area contributed by atoms with E-state index in [0.717, 1.165) is 6.42 Å². The van der Waals surface area contributed by atoms with E-state index in [9.17, 15) is 9.18 Å². The van der Waals surface area contributed by atoms with Crippen LogP contribution in [-0.4, -0.2) is 41.2 Å². The minimum Gasteiger partial charge on any atom is -0.444 e. The standard InChI is InChI=1S/C15H22FN3O2/c1-15(2,3)21-14(20)19-8-6-11(10-19)9-18-13-12(16)5-4-7-17-13/h4-5,7,11H,6,8-10H2,1-3H3,(H,17,18). The van der Waals surface area contributed by atoms with Crippen molar-refractivity contribution in [2.24, 2.45) is 5.92 Å². The molecule has 0 bridgehead atoms. The molecule has 1 aliphatic heterocycles. The van der Waals surface area contributed by atoms with E-state index in [2.05, 4.69) is 10.3 Å². The lowest BCUT2D eigenvalue weighted by molar-refractivity contribution is 0.0289. The van der Waals surface area contributed by atoms with Gasteiger partial charge < -0.3 is 15.0 Å². The van der Waals surface area contributed by atoms with Crippen molar-refractivity contribution in [1.29, 1.82) is 0 Å². The Labute approximate surface area is 124 Å². The minimum atomic E-state index is -0.482. The van der Waals surface area contributed by atoms with Crippen LogP contribution in [0.4, 0.5) is 15.0 Å². The monoisotopic (exact) mass is 295 g/mol. The summed E-state index contributed by atoms with van der Waals surface area (Å²) in [4.78, 5) is 17.6. The third kappa shape index (κ3) is 4.58. The number of nitrogens with zero attached hydrogens (tertiary/aromatic N) is 2. The molecular formula is C15H22FN3O2. The highest BCUT2D eigenvalue weighted by Crippen LogP contribution is 2.20. The lowest BCUT2D eigenvalue weighted by Crippen LogP contribution is -2.35. The number of halogens is 1. The predicted molar refractivity (Wildman–Crippen MR) is 78.6 cm³/mol. The van der Waals surface area contributed by atoms with E-state index < -0.39 is 5.60 Å². The molecule has 1 fully saturated rings. The molecule has 1 aromatic rings. The quantitative estimate of drug-likeness (QED) is 0.931. The van der Waals surface area contributed by atoms with E-state index in [4.69, 9.17) is 4.74 Å². The number of rotatable bonds is 3. The highest BCUT2D eigenvalue weighted by atomic mass is 19.1. The second kappa shape index (κ2) is 6.28. The maximum Gasteiger partial charge on any atom is 0.410 e. The summed E-state index contributed by atoms with van der Waals surface area (Å²) < 4.78 is 18.8. The summed E-state index contributed by atoms with van der Waals surface area (Å²) in [5.74, 6) is 0.173. The van der Waals surface area contributed by atoms with Crippen LogP contribution in [0.5, 0.6) is 0 Å². The molecule has 0 spiro atoms. The largest absolute Gasteiger partial charge is 0.444 e. The van der Waals surface area contributed by atoms with Crippen LogP contribution in [0.3, 0.4) is 0 Å². The maximum atomic E-state index is 13.4. The Balaban J connectivity index is 1.80. The number of anilines is 1. The zero-order chi connectivity index (χ0) is 15.5. The minimum absolute atomic E-state index is 0.258. The van der Waals surface area contributed by atoms with Crippen molar-refractivity contribution in [3.8, 4) is 0 Å². The number of hydrogen-bond donors (Lipinski definition) is 1. The number of ether oxygens (including phenoxy) is 1. The van der Waals surface area contributed by atoms with E-state index >= 15 is 0 Å². The number of likely N-dealkylation sites (tertiary alicyclic amines) is 1. The van der Waals surface area contributed by atoms with Gasteiger partial charge in [0, 0.05) is 25.8 Å². The average molecular weight is 295 g/mol. The Bertz CT molecular complexity index is 502. The number of carbonyl (C=O) groups is 1. The van der Waals surface area contributed by atoms with Gasteiger partial charge in [0.2, 0.25) is 0 Å². The van der Waals surface area contributed by atoms with Gasteiger partial charge in [0.05, 0.1) is 0 Å². The van der Waals surface area contributed by atoms with E-state index in [1.807, 2.05) is 20.8 Å². The Hall–Kier alpha value is -1.85. The van der Waals surface area contributed by atoms with Gasteiger partial charge >= 0.3 is 6.09 Å². The molecule has 1 atom stereocenters. The number of nitrogens with one attached hydrogen (secondary N) is 1. The highest BCUT2D eigenvalue weighted by Gasteiger charge is 2.29. The van der Waals surface area contributed by atoms with Gasteiger partial charge in [0.1, 0.15) is 5.60 Å². The van der Waals surface area contributed by atoms with E-state index in [0.29, 0.717) is 19.6 Å². The van der Waals surface area contributed by atoms with E-state index in [1.54, 1.807) is 17.2 Å². The zero-order valence-electron chi connectivity index (χ0n) is 12.7. The fourth-order valence-corrected chi connectivity index (χ4v) is 2.25. The van der Waals surface area contributed by atoms with Crippen LogP contribution in [0.1, 0.15) is 27.2 Å². The van der Waals surface area contributed by atoms with E-state index in [-0.39, 0.29) is 23.6 Å². The molecule has 1 aromatic heterocycles. The molecule has 1 saturated heterocycles. The normalized spacial score (nSPS) is 18.7. The van der Waals surface area contributed by atoms with Crippen LogP contribution in [0.15, 0.2) is 18.3 Å². The molecule has 0 saturated carbocycles. The van der Waals surface area contributed by atoms with Gasteiger partial charge in [0.25, 0.3) is 0 Å². The van der Waals surface area contributed by atoms with Gasteiger partial charge in [-0.2, -0.15) is 0 Å². The molecule has 6 heteroatoms. The van der Waals surface area contributed by atoms with Gasteiger partial charge in [-0.3, -0.25) is 0 Å². The molecular weight excluding hydrogens is 273 g/mol. The maximum absolute atomic E-state index is 13.4. The first-order chi connectivity index (χ1) is 9.85.